The average molecular weight is 259 g/mol. The van der Waals surface area contributed by atoms with Crippen molar-refractivity contribution in [2.45, 2.75) is 12.8 Å². The van der Waals surface area contributed by atoms with Crippen molar-refractivity contribution in [3.63, 3.8) is 0 Å². The lowest BCUT2D eigenvalue weighted by Crippen LogP contribution is -2.26. The highest BCUT2D eigenvalue weighted by atomic mass is 35.5. The molecule has 1 aromatic heterocycles. The van der Waals surface area contributed by atoms with E-state index in [2.05, 4.69) is 15.5 Å². The fraction of sp³-hybridized carbons (Fsp3) is 0.600. The van der Waals surface area contributed by atoms with Crippen LogP contribution < -0.4 is 11.1 Å². The van der Waals surface area contributed by atoms with Crippen molar-refractivity contribution in [3.05, 3.63) is 10.7 Å². The van der Waals surface area contributed by atoms with Crippen LogP contribution in [0.15, 0.2) is 0 Å². The number of hydrogen-bond acceptors (Lipinski definition) is 4. The molecule has 1 aliphatic rings. The molecule has 1 aliphatic heterocycles. The zero-order valence-corrected chi connectivity index (χ0v) is 10.1. The van der Waals surface area contributed by atoms with Gasteiger partial charge in [-0.25, -0.2) is 0 Å². The summed E-state index contributed by atoms with van der Waals surface area (Å²) in [6, 6.07) is 0. The molecule has 94 valence electrons. The number of hydrogen-bond donors (Lipinski definition) is 3. The summed E-state index contributed by atoms with van der Waals surface area (Å²) >= 11 is 5.81. The Morgan fingerprint density at radius 2 is 2.53 bits per heavy atom. The molecule has 6 nitrogen and oxygen atoms in total. The Hall–Kier alpha value is -1.27. The molecule has 17 heavy (non-hydrogen) atoms. The monoisotopic (exact) mass is 258 g/mol. The molecule has 0 bridgehead atoms. The van der Waals surface area contributed by atoms with Crippen molar-refractivity contribution in [2.75, 3.05) is 25.5 Å². The van der Waals surface area contributed by atoms with Gasteiger partial charge in [0.25, 0.3) is 5.91 Å². The summed E-state index contributed by atoms with van der Waals surface area (Å²) in [6.07, 6.45) is 1.97. The van der Waals surface area contributed by atoms with E-state index in [0.717, 1.165) is 26.1 Å². The number of rotatable bonds is 4. The van der Waals surface area contributed by atoms with E-state index in [-0.39, 0.29) is 22.4 Å². The van der Waals surface area contributed by atoms with Crippen molar-refractivity contribution in [1.29, 1.82) is 0 Å². The molecular formula is C10H15ClN4O2. The Morgan fingerprint density at radius 1 is 1.71 bits per heavy atom. The topological polar surface area (TPSA) is 93.0 Å². The van der Waals surface area contributed by atoms with Gasteiger partial charge in [-0.05, 0) is 18.8 Å². The van der Waals surface area contributed by atoms with E-state index in [0.29, 0.717) is 12.5 Å². The Kier molecular flexibility index (Phi) is 3.86. The first-order chi connectivity index (χ1) is 8.18. The van der Waals surface area contributed by atoms with Gasteiger partial charge in [-0.3, -0.25) is 9.89 Å². The number of anilines is 1. The smallest absolute Gasteiger partial charge is 0.270 e. The van der Waals surface area contributed by atoms with E-state index in [1.807, 2.05) is 0 Å². The lowest BCUT2D eigenvalue weighted by molar-refractivity contribution is 0.0945. The van der Waals surface area contributed by atoms with Gasteiger partial charge in [0, 0.05) is 19.8 Å². The number of nitrogens with two attached hydrogens (primary N) is 1. The van der Waals surface area contributed by atoms with Gasteiger partial charge in [0.1, 0.15) is 10.7 Å². The third kappa shape index (κ3) is 2.89. The van der Waals surface area contributed by atoms with Crippen LogP contribution in [-0.4, -0.2) is 35.9 Å². The molecule has 0 unspecified atom stereocenters. The molecule has 1 amide bonds. The number of carbonyl (C=O) groups is 1. The molecule has 0 spiro atoms. The number of amides is 1. The standard InChI is InChI=1S/C10H15ClN4O2/c11-7-8(14-15-9(7)12)10(16)13-3-1-6-2-4-17-5-6/h6H,1-5H2,(H,13,16)(H3,12,14,15)/t6-/m0/s1. The second kappa shape index (κ2) is 5.37. The number of aromatic amines is 1. The lowest BCUT2D eigenvalue weighted by Gasteiger charge is -2.07. The minimum Gasteiger partial charge on any atom is -0.381 e. The Labute approximate surface area is 104 Å². The van der Waals surface area contributed by atoms with E-state index in [1.54, 1.807) is 0 Å². The van der Waals surface area contributed by atoms with Crippen LogP contribution in [0.4, 0.5) is 5.82 Å². The number of aromatic nitrogens is 2. The molecule has 0 radical (unpaired) electrons. The van der Waals surface area contributed by atoms with Crippen LogP contribution in [0.3, 0.4) is 0 Å². The number of H-pyrrole nitrogens is 1. The molecular weight excluding hydrogens is 244 g/mol. The summed E-state index contributed by atoms with van der Waals surface area (Å²) in [6.45, 7) is 2.21. The van der Waals surface area contributed by atoms with Crippen molar-refractivity contribution in [3.8, 4) is 0 Å². The number of nitrogens with one attached hydrogen (secondary N) is 2. The molecule has 1 saturated heterocycles. The highest BCUT2D eigenvalue weighted by Crippen LogP contribution is 2.20. The van der Waals surface area contributed by atoms with Gasteiger partial charge in [0.05, 0.1) is 0 Å². The number of nitrogen functional groups attached to an aromatic ring is 1. The van der Waals surface area contributed by atoms with Crippen LogP contribution in [0.1, 0.15) is 23.3 Å². The van der Waals surface area contributed by atoms with Gasteiger partial charge in [0.2, 0.25) is 0 Å². The summed E-state index contributed by atoms with van der Waals surface area (Å²) < 4.78 is 5.26. The number of halogens is 1. The second-order valence-electron chi connectivity index (χ2n) is 4.07. The van der Waals surface area contributed by atoms with Crippen molar-refractivity contribution in [1.82, 2.24) is 15.5 Å². The molecule has 2 rings (SSSR count). The van der Waals surface area contributed by atoms with Crippen molar-refractivity contribution in [2.24, 2.45) is 5.92 Å². The highest BCUT2D eigenvalue weighted by Gasteiger charge is 2.18. The molecule has 2 heterocycles. The van der Waals surface area contributed by atoms with Crippen LogP contribution in [0.25, 0.3) is 0 Å². The summed E-state index contributed by atoms with van der Waals surface area (Å²) in [7, 11) is 0. The normalized spacial score (nSPS) is 19.5. The Bertz CT molecular complexity index is 401. The van der Waals surface area contributed by atoms with E-state index >= 15 is 0 Å². The molecule has 0 aromatic carbocycles. The molecule has 1 fully saturated rings. The summed E-state index contributed by atoms with van der Waals surface area (Å²) in [5.74, 6) is 0.400. The second-order valence-corrected chi connectivity index (χ2v) is 4.45. The van der Waals surface area contributed by atoms with Crippen LogP contribution >= 0.6 is 11.6 Å². The highest BCUT2D eigenvalue weighted by molar-refractivity contribution is 6.35. The fourth-order valence-electron chi connectivity index (χ4n) is 1.78. The van der Waals surface area contributed by atoms with Gasteiger partial charge >= 0.3 is 0 Å². The average Bonchev–Trinajstić information content (AvgIpc) is 2.91. The predicted molar refractivity (Wildman–Crippen MR) is 63.9 cm³/mol. The summed E-state index contributed by atoms with van der Waals surface area (Å²) in [4.78, 5) is 11.7. The van der Waals surface area contributed by atoms with Gasteiger partial charge in [-0.15, -0.1) is 0 Å². The SMILES string of the molecule is Nc1n[nH]c(C(=O)NCC[C@H]2CCOC2)c1Cl. The van der Waals surface area contributed by atoms with E-state index in [9.17, 15) is 4.79 Å². The van der Waals surface area contributed by atoms with E-state index in [4.69, 9.17) is 22.1 Å². The number of nitrogens with zero attached hydrogens (tertiary/aromatic N) is 1. The van der Waals surface area contributed by atoms with Crippen molar-refractivity contribution < 1.29 is 9.53 Å². The Morgan fingerprint density at radius 3 is 3.12 bits per heavy atom. The molecule has 7 heteroatoms. The molecule has 1 aromatic rings. The first-order valence-corrected chi connectivity index (χ1v) is 5.91. The number of ether oxygens (including phenoxy) is 1. The molecule has 4 N–H and O–H groups in total. The third-order valence-electron chi connectivity index (χ3n) is 2.82. The van der Waals surface area contributed by atoms with Gasteiger partial charge in [0.15, 0.2) is 5.82 Å². The zero-order valence-electron chi connectivity index (χ0n) is 9.33. The minimum atomic E-state index is -0.280. The molecule has 0 saturated carbocycles. The van der Waals surface area contributed by atoms with E-state index < -0.39 is 0 Å². The third-order valence-corrected chi connectivity index (χ3v) is 3.20. The quantitative estimate of drug-likeness (QED) is 0.745. The minimum absolute atomic E-state index is 0.140. The lowest BCUT2D eigenvalue weighted by atomic mass is 10.1. The number of carbonyl (C=O) groups excluding carboxylic acids is 1. The first-order valence-electron chi connectivity index (χ1n) is 5.53. The maximum atomic E-state index is 11.7. The van der Waals surface area contributed by atoms with Crippen LogP contribution in [0.5, 0.6) is 0 Å². The maximum Gasteiger partial charge on any atom is 0.270 e. The summed E-state index contributed by atoms with van der Waals surface area (Å²) in [5, 5.41) is 9.12. The molecule has 0 aliphatic carbocycles. The molecule has 1 atom stereocenters. The van der Waals surface area contributed by atoms with Crippen LogP contribution in [-0.2, 0) is 4.74 Å². The largest absolute Gasteiger partial charge is 0.381 e. The first kappa shape index (κ1) is 12.2. The van der Waals surface area contributed by atoms with Crippen LogP contribution in [0, 0.1) is 5.92 Å². The van der Waals surface area contributed by atoms with Gasteiger partial charge < -0.3 is 15.8 Å². The van der Waals surface area contributed by atoms with Gasteiger partial charge in [-0.2, -0.15) is 5.10 Å². The zero-order chi connectivity index (χ0) is 12.3. The van der Waals surface area contributed by atoms with Crippen LogP contribution in [0.2, 0.25) is 5.02 Å². The van der Waals surface area contributed by atoms with E-state index in [1.165, 1.54) is 0 Å². The Balaban J connectivity index is 1.79. The summed E-state index contributed by atoms with van der Waals surface area (Å²) in [5.41, 5.74) is 5.65. The maximum absolute atomic E-state index is 11.7. The van der Waals surface area contributed by atoms with Crippen molar-refractivity contribution >= 4 is 23.3 Å². The fourth-order valence-corrected chi connectivity index (χ4v) is 1.95. The predicted octanol–water partition coefficient (Wildman–Crippen LogP) is 0.802. The van der Waals surface area contributed by atoms with Gasteiger partial charge in [-0.1, -0.05) is 11.6 Å².